The molecule has 0 spiro atoms. The van der Waals surface area contributed by atoms with Gasteiger partial charge < -0.3 is 10.3 Å². The molecule has 19 heavy (non-hydrogen) atoms. The molecule has 2 rings (SSSR count). The number of urea groups is 1. The lowest BCUT2D eigenvalue weighted by Gasteiger charge is -2.18. The second-order valence-electron chi connectivity index (χ2n) is 4.89. The molecule has 1 aliphatic rings. The SMILES string of the molecule is CC(C)C(Sc1nncn1C1CC1)C(=O)NC(N)=O. The molecule has 1 unspecified atom stereocenters. The first-order chi connectivity index (χ1) is 8.99. The fourth-order valence-corrected chi connectivity index (χ4v) is 2.80. The minimum absolute atomic E-state index is 0.0497. The number of nitrogens with two attached hydrogens (primary N) is 1. The molecule has 0 aliphatic heterocycles. The summed E-state index contributed by atoms with van der Waals surface area (Å²) in [5, 5.41) is 10.3. The zero-order chi connectivity index (χ0) is 14.0. The number of hydrogen-bond acceptors (Lipinski definition) is 5. The third-order valence-corrected chi connectivity index (χ3v) is 4.34. The van der Waals surface area contributed by atoms with E-state index in [2.05, 4.69) is 15.5 Å². The summed E-state index contributed by atoms with van der Waals surface area (Å²) in [5.74, 6) is -0.341. The average molecular weight is 283 g/mol. The standard InChI is InChI=1S/C11H17N5O2S/c1-6(2)8(9(17)14-10(12)18)19-11-15-13-5-16(11)7-3-4-7/h5-8H,3-4H2,1-2H3,(H3,12,14,17,18). The molecule has 8 heteroatoms. The van der Waals surface area contributed by atoms with Gasteiger partial charge in [0, 0.05) is 6.04 Å². The van der Waals surface area contributed by atoms with Crippen LogP contribution in [0.5, 0.6) is 0 Å². The Hall–Kier alpha value is -1.57. The predicted molar refractivity (Wildman–Crippen MR) is 70.5 cm³/mol. The van der Waals surface area contributed by atoms with Gasteiger partial charge in [-0.15, -0.1) is 10.2 Å². The largest absolute Gasteiger partial charge is 0.351 e. The summed E-state index contributed by atoms with van der Waals surface area (Å²) in [5.41, 5.74) is 4.98. The molecule has 0 radical (unpaired) electrons. The molecule has 1 aromatic rings. The fraction of sp³-hybridized carbons (Fsp3) is 0.636. The third-order valence-electron chi connectivity index (χ3n) is 2.82. The van der Waals surface area contributed by atoms with Crippen LogP contribution in [0.15, 0.2) is 11.5 Å². The molecule has 3 N–H and O–H groups in total. The molecule has 1 fully saturated rings. The number of hydrogen-bond donors (Lipinski definition) is 2. The van der Waals surface area contributed by atoms with Gasteiger partial charge in [-0.05, 0) is 18.8 Å². The Labute approximate surface area is 115 Å². The van der Waals surface area contributed by atoms with Crippen molar-refractivity contribution >= 4 is 23.7 Å². The van der Waals surface area contributed by atoms with Gasteiger partial charge in [0.15, 0.2) is 5.16 Å². The Morgan fingerprint density at radius 3 is 2.74 bits per heavy atom. The van der Waals surface area contributed by atoms with E-state index >= 15 is 0 Å². The van der Waals surface area contributed by atoms with Crippen LogP contribution in [0, 0.1) is 5.92 Å². The van der Waals surface area contributed by atoms with E-state index in [1.165, 1.54) is 11.8 Å². The highest BCUT2D eigenvalue weighted by molar-refractivity contribution is 8.00. The van der Waals surface area contributed by atoms with Gasteiger partial charge in [-0.2, -0.15) is 0 Å². The summed E-state index contributed by atoms with van der Waals surface area (Å²) < 4.78 is 1.98. The summed E-state index contributed by atoms with van der Waals surface area (Å²) >= 11 is 1.32. The quantitative estimate of drug-likeness (QED) is 0.782. The van der Waals surface area contributed by atoms with Crippen molar-refractivity contribution in [3.63, 3.8) is 0 Å². The number of aromatic nitrogens is 3. The highest BCUT2D eigenvalue weighted by Crippen LogP contribution is 2.38. The van der Waals surface area contributed by atoms with E-state index in [1.807, 2.05) is 18.4 Å². The highest BCUT2D eigenvalue weighted by atomic mass is 32.2. The van der Waals surface area contributed by atoms with E-state index in [0.717, 1.165) is 12.8 Å². The first-order valence-corrected chi connectivity index (χ1v) is 7.03. The van der Waals surface area contributed by atoms with Crippen LogP contribution in [0.3, 0.4) is 0 Å². The normalized spacial score (nSPS) is 16.4. The predicted octanol–water partition coefficient (Wildman–Crippen LogP) is 0.925. The van der Waals surface area contributed by atoms with Crippen molar-refractivity contribution in [2.75, 3.05) is 0 Å². The molecule has 1 aliphatic carbocycles. The minimum atomic E-state index is -0.833. The summed E-state index contributed by atoms with van der Waals surface area (Å²) in [7, 11) is 0. The minimum Gasteiger partial charge on any atom is -0.351 e. The van der Waals surface area contributed by atoms with Gasteiger partial charge in [-0.25, -0.2) is 4.79 Å². The van der Waals surface area contributed by atoms with Gasteiger partial charge >= 0.3 is 6.03 Å². The van der Waals surface area contributed by atoms with E-state index in [4.69, 9.17) is 5.73 Å². The Bertz CT molecular complexity index is 483. The Morgan fingerprint density at radius 1 is 1.53 bits per heavy atom. The lowest BCUT2D eigenvalue weighted by molar-refractivity contribution is -0.120. The second-order valence-corrected chi connectivity index (χ2v) is 6.00. The van der Waals surface area contributed by atoms with Crippen LogP contribution in [0.4, 0.5) is 4.79 Å². The van der Waals surface area contributed by atoms with Crippen molar-refractivity contribution < 1.29 is 9.59 Å². The van der Waals surface area contributed by atoms with Gasteiger partial charge in [-0.1, -0.05) is 25.6 Å². The summed E-state index contributed by atoms with van der Waals surface area (Å²) in [6, 6.07) is -0.385. The number of carbonyl (C=O) groups is 2. The van der Waals surface area contributed by atoms with E-state index in [0.29, 0.717) is 11.2 Å². The smallest absolute Gasteiger partial charge is 0.318 e. The monoisotopic (exact) mass is 283 g/mol. The summed E-state index contributed by atoms with van der Waals surface area (Å²) in [6.45, 7) is 3.83. The zero-order valence-electron chi connectivity index (χ0n) is 10.9. The van der Waals surface area contributed by atoms with Crippen LogP contribution in [0.2, 0.25) is 0 Å². The molecule has 104 valence electrons. The maximum Gasteiger partial charge on any atom is 0.318 e. The number of imide groups is 1. The number of nitrogens with zero attached hydrogens (tertiary/aromatic N) is 3. The number of primary amides is 1. The zero-order valence-corrected chi connectivity index (χ0v) is 11.7. The van der Waals surface area contributed by atoms with Gasteiger partial charge in [-0.3, -0.25) is 10.1 Å². The van der Waals surface area contributed by atoms with Crippen LogP contribution >= 0.6 is 11.8 Å². The molecule has 0 bridgehead atoms. The van der Waals surface area contributed by atoms with Gasteiger partial charge in [0.05, 0.1) is 5.25 Å². The van der Waals surface area contributed by atoms with Crippen molar-refractivity contribution in [1.29, 1.82) is 0 Å². The average Bonchev–Trinajstić information content (AvgIpc) is 3.04. The summed E-state index contributed by atoms with van der Waals surface area (Å²) in [4.78, 5) is 22.7. The van der Waals surface area contributed by atoms with Crippen LogP contribution in [-0.2, 0) is 4.79 Å². The number of rotatable bonds is 5. The molecular formula is C11H17N5O2S. The highest BCUT2D eigenvalue weighted by Gasteiger charge is 2.30. The number of nitrogens with one attached hydrogen (secondary N) is 1. The van der Waals surface area contributed by atoms with E-state index in [-0.39, 0.29) is 5.92 Å². The molecule has 1 heterocycles. The molecule has 3 amide bonds. The van der Waals surface area contributed by atoms with E-state index in [1.54, 1.807) is 6.33 Å². The first kappa shape index (κ1) is 13.9. The van der Waals surface area contributed by atoms with Crippen LogP contribution < -0.4 is 11.1 Å². The molecule has 1 saturated carbocycles. The third kappa shape index (κ3) is 3.46. The van der Waals surface area contributed by atoms with Crippen LogP contribution in [-0.4, -0.2) is 32.0 Å². The van der Waals surface area contributed by atoms with Crippen LogP contribution in [0.25, 0.3) is 0 Å². The van der Waals surface area contributed by atoms with Crippen molar-refractivity contribution in [1.82, 2.24) is 20.1 Å². The first-order valence-electron chi connectivity index (χ1n) is 6.15. The number of amides is 3. The maximum absolute atomic E-state index is 11.9. The molecule has 0 aromatic carbocycles. The van der Waals surface area contributed by atoms with Gasteiger partial charge in [0.2, 0.25) is 5.91 Å². The Kier molecular flexibility index (Phi) is 4.08. The molecule has 0 saturated heterocycles. The molecule has 1 aromatic heterocycles. The Morgan fingerprint density at radius 2 is 2.21 bits per heavy atom. The lowest BCUT2D eigenvalue weighted by Crippen LogP contribution is -2.42. The fourth-order valence-electron chi connectivity index (χ4n) is 1.72. The summed E-state index contributed by atoms with van der Waals surface area (Å²) in [6.07, 6.45) is 3.92. The molecule has 7 nitrogen and oxygen atoms in total. The van der Waals surface area contributed by atoms with Crippen molar-refractivity contribution in [3.8, 4) is 0 Å². The van der Waals surface area contributed by atoms with Crippen molar-refractivity contribution in [2.24, 2.45) is 11.7 Å². The van der Waals surface area contributed by atoms with Crippen molar-refractivity contribution in [3.05, 3.63) is 6.33 Å². The van der Waals surface area contributed by atoms with E-state index in [9.17, 15) is 9.59 Å². The topological polar surface area (TPSA) is 103 Å². The van der Waals surface area contributed by atoms with Gasteiger partial charge in [0.25, 0.3) is 0 Å². The molecular weight excluding hydrogens is 266 g/mol. The lowest BCUT2D eigenvalue weighted by atomic mass is 10.1. The number of thioether (sulfide) groups is 1. The maximum atomic E-state index is 11.9. The Balaban J connectivity index is 2.09. The number of carbonyl (C=O) groups excluding carboxylic acids is 2. The second kappa shape index (κ2) is 5.60. The van der Waals surface area contributed by atoms with Crippen molar-refractivity contribution in [2.45, 2.75) is 43.1 Å². The van der Waals surface area contributed by atoms with Crippen LogP contribution in [0.1, 0.15) is 32.7 Å². The molecule has 1 atom stereocenters. The van der Waals surface area contributed by atoms with E-state index < -0.39 is 17.2 Å². The van der Waals surface area contributed by atoms with Gasteiger partial charge in [0.1, 0.15) is 6.33 Å².